The van der Waals surface area contributed by atoms with E-state index in [4.69, 9.17) is 21.7 Å². The van der Waals surface area contributed by atoms with Crippen molar-refractivity contribution in [1.82, 2.24) is 9.47 Å². The van der Waals surface area contributed by atoms with Crippen molar-refractivity contribution in [1.29, 1.82) is 0 Å². The third-order valence-corrected chi connectivity index (χ3v) is 6.62. The van der Waals surface area contributed by atoms with E-state index in [1.807, 2.05) is 38.1 Å². The summed E-state index contributed by atoms with van der Waals surface area (Å²) >= 11 is 6.67. The number of carbonyl (C=O) groups is 2. The maximum absolute atomic E-state index is 12.7. The number of hydrogen-bond acceptors (Lipinski definition) is 6. The van der Waals surface area contributed by atoms with Gasteiger partial charge in [0.25, 0.3) is 5.91 Å². The fourth-order valence-electron chi connectivity index (χ4n) is 3.49. The average molecular weight is 473 g/mol. The molecule has 32 heavy (non-hydrogen) atoms. The fraction of sp³-hybridized carbons (Fsp3) is 0.375. The highest BCUT2D eigenvalue weighted by Gasteiger charge is 2.31. The molecular formula is C24H28N2O4S2. The van der Waals surface area contributed by atoms with Crippen molar-refractivity contribution in [3.05, 3.63) is 57.8 Å². The van der Waals surface area contributed by atoms with E-state index >= 15 is 0 Å². The summed E-state index contributed by atoms with van der Waals surface area (Å²) in [4.78, 5) is 27.1. The Morgan fingerprint density at radius 2 is 1.91 bits per heavy atom. The minimum absolute atomic E-state index is 0.0900. The highest BCUT2D eigenvalue weighted by atomic mass is 32.2. The van der Waals surface area contributed by atoms with Gasteiger partial charge in [-0.2, -0.15) is 0 Å². The summed E-state index contributed by atoms with van der Waals surface area (Å²) in [7, 11) is 1.60. The summed E-state index contributed by atoms with van der Waals surface area (Å²) in [5, 5.41) is 0. The van der Waals surface area contributed by atoms with Gasteiger partial charge in [-0.3, -0.25) is 9.69 Å². The van der Waals surface area contributed by atoms with E-state index in [9.17, 15) is 9.59 Å². The molecule has 0 aliphatic carbocycles. The molecule has 0 saturated carbocycles. The first-order valence-electron chi connectivity index (χ1n) is 10.6. The van der Waals surface area contributed by atoms with Crippen molar-refractivity contribution >= 4 is 46.3 Å². The largest absolute Gasteiger partial charge is 0.462 e. The molecule has 1 aliphatic rings. The van der Waals surface area contributed by atoms with Crippen LogP contribution in [0, 0.1) is 13.8 Å². The van der Waals surface area contributed by atoms with E-state index < -0.39 is 0 Å². The summed E-state index contributed by atoms with van der Waals surface area (Å²) in [6.07, 6.45) is 3.74. The number of esters is 1. The molecule has 1 aromatic carbocycles. The van der Waals surface area contributed by atoms with Crippen molar-refractivity contribution in [2.75, 3.05) is 26.9 Å². The Bertz CT molecular complexity index is 1040. The molecule has 0 unspecified atom stereocenters. The molecule has 0 spiro atoms. The van der Waals surface area contributed by atoms with Crippen LogP contribution in [0.15, 0.2) is 35.2 Å². The summed E-state index contributed by atoms with van der Waals surface area (Å²) in [5.41, 5.74) is 4.47. The van der Waals surface area contributed by atoms with Gasteiger partial charge in [-0.25, -0.2) is 4.79 Å². The molecule has 2 aromatic rings. The van der Waals surface area contributed by atoms with Crippen LogP contribution in [-0.4, -0.2) is 52.5 Å². The number of amides is 1. The Morgan fingerprint density at radius 3 is 2.56 bits per heavy atom. The van der Waals surface area contributed by atoms with Gasteiger partial charge in [0.05, 0.1) is 30.2 Å². The summed E-state index contributed by atoms with van der Waals surface area (Å²) < 4.78 is 13.0. The number of benzene rings is 1. The van der Waals surface area contributed by atoms with E-state index in [-0.39, 0.29) is 11.9 Å². The first kappa shape index (κ1) is 24.2. The van der Waals surface area contributed by atoms with Crippen LogP contribution in [0.5, 0.6) is 0 Å². The molecule has 1 saturated heterocycles. The SMILES string of the molecule is CCCCOC(=O)c1ccc(-n2c(C)cc(/C=C3\SC(=S)N(CCOC)C3=O)c2C)cc1. The lowest BCUT2D eigenvalue weighted by atomic mass is 10.2. The van der Waals surface area contributed by atoms with Crippen LogP contribution < -0.4 is 0 Å². The van der Waals surface area contributed by atoms with Gasteiger partial charge in [0.15, 0.2) is 0 Å². The van der Waals surface area contributed by atoms with Gasteiger partial charge in [-0.1, -0.05) is 37.3 Å². The van der Waals surface area contributed by atoms with E-state index in [1.165, 1.54) is 11.8 Å². The van der Waals surface area contributed by atoms with Crippen LogP contribution in [0.1, 0.15) is 47.1 Å². The minimum Gasteiger partial charge on any atom is -0.462 e. The number of hydrogen-bond donors (Lipinski definition) is 0. The number of aryl methyl sites for hydroxylation is 1. The smallest absolute Gasteiger partial charge is 0.338 e. The number of unbranched alkanes of at least 4 members (excludes halogenated alkanes) is 1. The Hall–Kier alpha value is -2.42. The number of thiocarbonyl (C=S) groups is 1. The second-order valence-corrected chi connectivity index (χ2v) is 9.20. The van der Waals surface area contributed by atoms with Crippen LogP contribution in [-0.2, 0) is 14.3 Å². The van der Waals surface area contributed by atoms with Crippen LogP contribution in [0.25, 0.3) is 11.8 Å². The molecular weight excluding hydrogens is 444 g/mol. The van der Waals surface area contributed by atoms with Gasteiger partial charge < -0.3 is 14.0 Å². The Labute approximate surface area is 198 Å². The van der Waals surface area contributed by atoms with E-state index in [0.29, 0.717) is 34.5 Å². The highest BCUT2D eigenvalue weighted by molar-refractivity contribution is 8.26. The summed E-state index contributed by atoms with van der Waals surface area (Å²) in [5.74, 6) is -0.394. The predicted octanol–water partition coefficient (Wildman–Crippen LogP) is 4.90. The molecule has 0 bridgehead atoms. The van der Waals surface area contributed by atoms with Gasteiger partial charge in [0, 0.05) is 24.2 Å². The lowest BCUT2D eigenvalue weighted by molar-refractivity contribution is -0.122. The molecule has 1 aromatic heterocycles. The molecule has 6 nitrogen and oxygen atoms in total. The van der Waals surface area contributed by atoms with E-state index in [2.05, 4.69) is 11.5 Å². The lowest BCUT2D eigenvalue weighted by Gasteiger charge is -2.13. The van der Waals surface area contributed by atoms with Crippen LogP contribution >= 0.6 is 24.0 Å². The second kappa shape index (κ2) is 10.9. The zero-order chi connectivity index (χ0) is 23.3. The quantitative estimate of drug-likeness (QED) is 0.224. The molecule has 1 amide bonds. The predicted molar refractivity (Wildman–Crippen MR) is 132 cm³/mol. The van der Waals surface area contributed by atoms with Crippen molar-refractivity contribution < 1.29 is 19.1 Å². The van der Waals surface area contributed by atoms with Gasteiger partial charge in [0.1, 0.15) is 4.32 Å². The second-order valence-electron chi connectivity index (χ2n) is 7.52. The first-order valence-corrected chi connectivity index (χ1v) is 11.8. The third-order valence-electron chi connectivity index (χ3n) is 5.24. The molecule has 1 fully saturated rings. The number of rotatable bonds is 9. The number of nitrogens with zero attached hydrogens (tertiary/aromatic N) is 2. The molecule has 3 rings (SSSR count). The normalized spacial score (nSPS) is 15.1. The number of ether oxygens (including phenoxy) is 2. The van der Waals surface area contributed by atoms with E-state index in [0.717, 1.165) is 35.5 Å². The van der Waals surface area contributed by atoms with Crippen LogP contribution in [0.3, 0.4) is 0 Å². The van der Waals surface area contributed by atoms with Gasteiger partial charge in [-0.15, -0.1) is 0 Å². The number of methoxy groups -OCH3 is 1. The number of thioether (sulfide) groups is 1. The molecule has 0 atom stereocenters. The Kier molecular flexibility index (Phi) is 8.28. The van der Waals surface area contributed by atoms with Crippen molar-refractivity contribution in [3.63, 3.8) is 0 Å². The molecule has 2 heterocycles. The van der Waals surface area contributed by atoms with Gasteiger partial charge in [0.2, 0.25) is 0 Å². The van der Waals surface area contributed by atoms with E-state index in [1.54, 1.807) is 24.1 Å². The van der Waals surface area contributed by atoms with Gasteiger partial charge >= 0.3 is 5.97 Å². The van der Waals surface area contributed by atoms with Gasteiger partial charge in [-0.05, 0) is 62.2 Å². The first-order chi connectivity index (χ1) is 15.4. The summed E-state index contributed by atoms with van der Waals surface area (Å²) in [6.45, 7) is 7.41. The highest BCUT2D eigenvalue weighted by Crippen LogP contribution is 2.34. The third kappa shape index (κ3) is 5.31. The zero-order valence-electron chi connectivity index (χ0n) is 18.8. The zero-order valence-corrected chi connectivity index (χ0v) is 20.5. The molecule has 0 N–H and O–H groups in total. The number of aromatic nitrogens is 1. The van der Waals surface area contributed by atoms with Crippen molar-refractivity contribution in [2.24, 2.45) is 0 Å². The summed E-state index contributed by atoms with van der Waals surface area (Å²) in [6, 6.07) is 9.42. The Balaban J connectivity index is 1.81. The monoisotopic (exact) mass is 472 g/mol. The topological polar surface area (TPSA) is 60.8 Å². The molecule has 0 radical (unpaired) electrons. The molecule has 8 heteroatoms. The standard InChI is InChI=1S/C24H28N2O4S2/c1-5-6-12-30-23(28)18-7-9-20(10-8-18)26-16(2)14-19(17(26)3)15-21-22(27)25(11-13-29-4)24(31)32-21/h7-10,14-15H,5-6,11-13H2,1-4H3/b21-15-. The minimum atomic E-state index is -0.304. The Morgan fingerprint density at radius 1 is 1.19 bits per heavy atom. The molecule has 170 valence electrons. The maximum Gasteiger partial charge on any atom is 0.338 e. The fourth-order valence-corrected chi connectivity index (χ4v) is 4.79. The van der Waals surface area contributed by atoms with Crippen molar-refractivity contribution in [3.8, 4) is 5.69 Å². The number of carbonyl (C=O) groups excluding carboxylic acids is 2. The van der Waals surface area contributed by atoms with Crippen LogP contribution in [0.4, 0.5) is 0 Å². The average Bonchev–Trinajstić information content (AvgIpc) is 3.20. The van der Waals surface area contributed by atoms with Crippen LogP contribution in [0.2, 0.25) is 0 Å². The molecule has 1 aliphatic heterocycles. The lowest BCUT2D eigenvalue weighted by Crippen LogP contribution is -2.31. The van der Waals surface area contributed by atoms with Crippen molar-refractivity contribution in [2.45, 2.75) is 33.6 Å². The maximum atomic E-state index is 12.7.